The number of rotatable bonds is 7. The highest BCUT2D eigenvalue weighted by Crippen LogP contribution is 2.08. The maximum absolute atomic E-state index is 12.0. The average molecular weight is 286 g/mol. The van der Waals surface area contributed by atoms with E-state index in [0.29, 0.717) is 12.4 Å². The molecule has 6 nitrogen and oxygen atoms in total. The average Bonchev–Trinajstić information content (AvgIpc) is 2.53. The van der Waals surface area contributed by atoms with Gasteiger partial charge in [0.05, 0.1) is 0 Å². The van der Waals surface area contributed by atoms with E-state index in [1.165, 1.54) is 0 Å². The van der Waals surface area contributed by atoms with Crippen molar-refractivity contribution >= 4 is 17.4 Å². The predicted molar refractivity (Wildman–Crippen MR) is 81.4 cm³/mol. The molecule has 0 saturated heterocycles. The van der Waals surface area contributed by atoms with Crippen molar-refractivity contribution in [3.05, 3.63) is 48.2 Å². The third-order valence-corrected chi connectivity index (χ3v) is 2.76. The normalized spacial score (nSPS) is 10.1. The highest BCUT2D eigenvalue weighted by Gasteiger charge is 2.08. The minimum atomic E-state index is -0.278. The summed E-state index contributed by atoms with van der Waals surface area (Å²) in [5.41, 5.74) is 1.01. The van der Waals surface area contributed by atoms with E-state index < -0.39 is 0 Å². The van der Waals surface area contributed by atoms with Crippen molar-refractivity contribution in [3.63, 3.8) is 0 Å². The Bertz CT molecular complexity index is 558. The summed E-state index contributed by atoms with van der Waals surface area (Å²) in [6, 6.07) is 12.6. The van der Waals surface area contributed by atoms with Crippen molar-refractivity contribution in [2.75, 3.05) is 30.9 Å². The first kappa shape index (κ1) is 14.9. The molecule has 2 N–H and O–H groups in total. The van der Waals surface area contributed by atoms with E-state index in [0.717, 1.165) is 18.7 Å². The molecule has 0 radical (unpaired) electrons. The lowest BCUT2D eigenvalue weighted by molar-refractivity contribution is 0.102. The van der Waals surface area contributed by atoms with Crippen LogP contribution in [-0.2, 0) is 4.74 Å². The van der Waals surface area contributed by atoms with Crippen molar-refractivity contribution in [3.8, 4) is 0 Å². The third-order valence-electron chi connectivity index (χ3n) is 2.76. The fourth-order valence-corrected chi connectivity index (χ4v) is 1.70. The fraction of sp³-hybridized carbons (Fsp3) is 0.267. The lowest BCUT2D eigenvalue weighted by atomic mass is 10.3. The number of carbonyl (C=O) groups excluding carboxylic acids is 1. The second-order valence-electron chi connectivity index (χ2n) is 4.40. The van der Waals surface area contributed by atoms with Gasteiger partial charge in [0.25, 0.3) is 5.91 Å². The van der Waals surface area contributed by atoms with Gasteiger partial charge in [-0.3, -0.25) is 4.79 Å². The van der Waals surface area contributed by atoms with Crippen LogP contribution < -0.4 is 10.6 Å². The molecule has 0 aliphatic heterocycles. The van der Waals surface area contributed by atoms with Gasteiger partial charge < -0.3 is 15.4 Å². The molecular formula is C15H18N4O2. The zero-order valence-electron chi connectivity index (χ0n) is 11.9. The molecule has 0 bridgehead atoms. The number of hydrogen-bond donors (Lipinski definition) is 2. The summed E-state index contributed by atoms with van der Waals surface area (Å²) in [5.74, 6) is 0.363. The first-order chi connectivity index (χ1) is 10.3. The maximum atomic E-state index is 12.0. The Morgan fingerprint density at radius 3 is 2.62 bits per heavy atom. The summed E-state index contributed by atoms with van der Waals surface area (Å²) < 4.78 is 4.96. The summed E-state index contributed by atoms with van der Waals surface area (Å²) in [5, 5.41) is 13.8. The molecule has 0 aliphatic rings. The molecule has 6 heteroatoms. The van der Waals surface area contributed by atoms with Gasteiger partial charge in [0.2, 0.25) is 0 Å². The van der Waals surface area contributed by atoms with Crippen LogP contribution in [0.3, 0.4) is 0 Å². The molecule has 0 atom stereocenters. The minimum absolute atomic E-state index is 0.278. The zero-order valence-corrected chi connectivity index (χ0v) is 11.9. The molecule has 1 heterocycles. The van der Waals surface area contributed by atoms with Crippen molar-refractivity contribution in [2.45, 2.75) is 6.42 Å². The maximum Gasteiger partial charge on any atom is 0.276 e. The van der Waals surface area contributed by atoms with Crippen molar-refractivity contribution in [1.29, 1.82) is 0 Å². The van der Waals surface area contributed by atoms with Crippen LogP contribution in [0.25, 0.3) is 0 Å². The number of carbonyl (C=O) groups is 1. The summed E-state index contributed by atoms with van der Waals surface area (Å²) >= 11 is 0. The van der Waals surface area contributed by atoms with Gasteiger partial charge in [-0.25, -0.2) is 0 Å². The second kappa shape index (κ2) is 7.96. The van der Waals surface area contributed by atoms with Gasteiger partial charge in [-0.1, -0.05) is 18.2 Å². The largest absolute Gasteiger partial charge is 0.385 e. The van der Waals surface area contributed by atoms with E-state index in [9.17, 15) is 4.79 Å². The standard InChI is InChI=1S/C15H18N4O2/c1-21-11-5-10-16-14-9-8-13(18-19-14)15(20)17-12-6-3-2-4-7-12/h2-4,6-9H,5,10-11H2,1H3,(H,16,19)(H,17,20). The highest BCUT2D eigenvalue weighted by molar-refractivity contribution is 6.02. The first-order valence-corrected chi connectivity index (χ1v) is 6.72. The lowest BCUT2D eigenvalue weighted by Gasteiger charge is -2.06. The summed E-state index contributed by atoms with van der Waals surface area (Å²) in [7, 11) is 1.67. The number of nitrogens with one attached hydrogen (secondary N) is 2. The first-order valence-electron chi connectivity index (χ1n) is 6.72. The Labute approximate surface area is 123 Å². The van der Waals surface area contributed by atoms with Gasteiger partial charge >= 0.3 is 0 Å². The van der Waals surface area contributed by atoms with Crippen molar-refractivity contribution in [1.82, 2.24) is 10.2 Å². The third kappa shape index (κ3) is 4.85. The van der Waals surface area contributed by atoms with Gasteiger partial charge in [0, 0.05) is 25.9 Å². The molecule has 0 spiro atoms. The molecule has 0 saturated carbocycles. The summed E-state index contributed by atoms with van der Waals surface area (Å²) in [6.45, 7) is 1.44. The van der Waals surface area contributed by atoms with Gasteiger partial charge in [-0.2, -0.15) is 0 Å². The Kier molecular flexibility index (Phi) is 5.66. The number of aromatic nitrogens is 2. The van der Waals surface area contributed by atoms with Gasteiger partial charge in [0.15, 0.2) is 5.69 Å². The van der Waals surface area contributed by atoms with E-state index in [2.05, 4.69) is 20.8 Å². The van der Waals surface area contributed by atoms with Crippen LogP contribution in [0.1, 0.15) is 16.9 Å². The molecule has 2 aromatic rings. The molecule has 0 aliphatic carbocycles. The van der Waals surface area contributed by atoms with Crippen LogP contribution in [0.15, 0.2) is 42.5 Å². The van der Waals surface area contributed by atoms with E-state index in [4.69, 9.17) is 4.74 Å². The zero-order chi connectivity index (χ0) is 14.9. The quantitative estimate of drug-likeness (QED) is 0.763. The molecule has 21 heavy (non-hydrogen) atoms. The molecule has 1 aromatic carbocycles. The summed E-state index contributed by atoms with van der Waals surface area (Å²) in [4.78, 5) is 12.0. The Hall–Kier alpha value is -2.47. The number of hydrogen-bond acceptors (Lipinski definition) is 5. The molecular weight excluding hydrogens is 268 g/mol. The van der Waals surface area contributed by atoms with Crippen molar-refractivity contribution < 1.29 is 9.53 Å². The topological polar surface area (TPSA) is 76.1 Å². The van der Waals surface area contributed by atoms with Crippen LogP contribution >= 0.6 is 0 Å². The lowest BCUT2D eigenvalue weighted by Crippen LogP contribution is -2.15. The van der Waals surface area contributed by atoms with Crippen molar-refractivity contribution in [2.24, 2.45) is 0 Å². The molecule has 0 unspecified atom stereocenters. The molecule has 0 fully saturated rings. The van der Waals surface area contributed by atoms with Gasteiger partial charge in [-0.15, -0.1) is 10.2 Å². The summed E-state index contributed by atoms with van der Waals surface area (Å²) in [6.07, 6.45) is 0.883. The van der Waals surface area contributed by atoms with Crippen LogP contribution in [0.4, 0.5) is 11.5 Å². The Morgan fingerprint density at radius 1 is 1.14 bits per heavy atom. The molecule has 1 amide bonds. The fourth-order valence-electron chi connectivity index (χ4n) is 1.70. The van der Waals surface area contributed by atoms with Crippen LogP contribution in [0.2, 0.25) is 0 Å². The Balaban J connectivity index is 1.88. The number of nitrogens with zero attached hydrogens (tertiary/aromatic N) is 2. The number of benzene rings is 1. The van der Waals surface area contributed by atoms with E-state index in [1.807, 2.05) is 30.3 Å². The molecule has 2 rings (SSSR count). The number of ether oxygens (including phenoxy) is 1. The van der Waals surface area contributed by atoms with Gasteiger partial charge in [0.1, 0.15) is 5.82 Å². The second-order valence-corrected chi connectivity index (χ2v) is 4.40. The predicted octanol–water partition coefficient (Wildman–Crippen LogP) is 2.18. The number of amides is 1. The van der Waals surface area contributed by atoms with Crippen LogP contribution in [-0.4, -0.2) is 36.4 Å². The van der Waals surface area contributed by atoms with E-state index in [1.54, 1.807) is 19.2 Å². The van der Waals surface area contributed by atoms with E-state index in [-0.39, 0.29) is 11.6 Å². The number of anilines is 2. The Morgan fingerprint density at radius 2 is 1.95 bits per heavy atom. The number of para-hydroxylation sites is 1. The monoisotopic (exact) mass is 286 g/mol. The molecule has 1 aromatic heterocycles. The smallest absolute Gasteiger partial charge is 0.276 e. The van der Waals surface area contributed by atoms with Crippen LogP contribution in [0.5, 0.6) is 0 Å². The number of methoxy groups -OCH3 is 1. The highest BCUT2D eigenvalue weighted by atomic mass is 16.5. The van der Waals surface area contributed by atoms with Gasteiger partial charge in [-0.05, 0) is 30.7 Å². The minimum Gasteiger partial charge on any atom is -0.385 e. The SMILES string of the molecule is COCCCNc1ccc(C(=O)Nc2ccccc2)nn1. The van der Waals surface area contributed by atoms with Crippen LogP contribution in [0, 0.1) is 0 Å². The molecule has 110 valence electrons. The van der Waals surface area contributed by atoms with E-state index >= 15 is 0 Å².